The van der Waals surface area contributed by atoms with E-state index in [0.717, 1.165) is 11.0 Å². The van der Waals surface area contributed by atoms with E-state index in [1.807, 2.05) is 0 Å². The van der Waals surface area contributed by atoms with Crippen molar-refractivity contribution in [3.05, 3.63) is 4.91 Å². The van der Waals surface area contributed by atoms with E-state index in [2.05, 4.69) is 0 Å². The summed E-state index contributed by atoms with van der Waals surface area (Å²) in [5, 5.41) is 0. The smallest absolute Gasteiger partial charge is 0.264 e. The Labute approximate surface area is 96.9 Å². The van der Waals surface area contributed by atoms with Crippen LogP contribution in [-0.2, 0) is 14.3 Å². The third-order valence-electron chi connectivity index (χ3n) is 2.86. The average Bonchev–Trinajstić information content (AvgIpc) is 1.95. The van der Waals surface area contributed by atoms with Crippen molar-refractivity contribution in [1.82, 2.24) is 0 Å². The second-order valence-corrected chi connectivity index (χ2v) is 7.35. The molecule has 94 valence electrons. The van der Waals surface area contributed by atoms with Gasteiger partial charge in [0.05, 0.1) is 12.4 Å². The highest BCUT2D eigenvalue weighted by Crippen LogP contribution is 2.36. The number of rotatable bonds is 2. The van der Waals surface area contributed by atoms with E-state index in [4.69, 9.17) is 4.18 Å². The first-order chi connectivity index (χ1) is 6.94. The van der Waals surface area contributed by atoms with Crippen LogP contribution in [0, 0.1) is 4.91 Å². The summed E-state index contributed by atoms with van der Waals surface area (Å²) in [6, 6.07) is 0. The second-order valence-electron chi connectivity index (χ2n) is 5.75. The van der Waals surface area contributed by atoms with E-state index in [1.54, 1.807) is 27.7 Å². The maximum Gasteiger partial charge on any atom is 0.264 e. The van der Waals surface area contributed by atoms with Crippen LogP contribution in [0.2, 0.25) is 0 Å². The monoisotopic (exact) mass is 250 g/mol. The Balaban J connectivity index is 2.92. The molecule has 0 spiro atoms. The zero-order valence-electron chi connectivity index (χ0n) is 10.5. The van der Waals surface area contributed by atoms with E-state index in [0.29, 0.717) is 12.8 Å². The fraction of sp³-hybridized carbons (Fsp3) is 1.00. The van der Waals surface area contributed by atoms with Crippen LogP contribution in [-0.4, -0.2) is 36.6 Å². The highest BCUT2D eigenvalue weighted by molar-refractivity contribution is 7.86. The summed E-state index contributed by atoms with van der Waals surface area (Å²) in [6.07, 6.45) is 1.47. The van der Waals surface area contributed by atoms with Crippen molar-refractivity contribution in [1.29, 1.82) is 0 Å². The lowest BCUT2D eigenvalue weighted by molar-refractivity contribution is -0.695. The molecule has 16 heavy (non-hydrogen) atoms. The van der Waals surface area contributed by atoms with Crippen LogP contribution in [0.3, 0.4) is 0 Å². The van der Waals surface area contributed by atoms with Gasteiger partial charge in [-0.1, -0.05) is 0 Å². The van der Waals surface area contributed by atoms with Crippen LogP contribution < -0.4 is 0 Å². The third kappa shape index (κ3) is 3.01. The van der Waals surface area contributed by atoms with E-state index in [1.165, 1.54) is 0 Å². The Hall–Kier alpha value is -0.490. The number of hydrogen-bond donors (Lipinski definition) is 0. The van der Waals surface area contributed by atoms with Crippen molar-refractivity contribution in [2.24, 2.45) is 0 Å². The number of piperidine rings is 1. The molecule has 0 N–H and O–H groups in total. The summed E-state index contributed by atoms with van der Waals surface area (Å²) in [6.45, 7) is 7.22. The van der Waals surface area contributed by atoms with Crippen LogP contribution in [0.4, 0.5) is 0 Å². The van der Waals surface area contributed by atoms with Gasteiger partial charge in [-0.05, 0) is 0 Å². The van der Waals surface area contributed by atoms with Gasteiger partial charge in [-0.15, -0.1) is 0 Å². The Kier molecular flexibility index (Phi) is 3.20. The molecule has 0 aromatic rings. The molecule has 1 aliphatic heterocycles. The molecule has 0 saturated carbocycles. The lowest BCUT2D eigenvalue weighted by atomic mass is 9.81. The summed E-state index contributed by atoms with van der Waals surface area (Å²) >= 11 is 0. The number of nitrogens with zero attached hydrogens (tertiary/aromatic N) is 1. The predicted molar refractivity (Wildman–Crippen MR) is 60.7 cm³/mol. The van der Waals surface area contributed by atoms with Crippen LogP contribution in [0.25, 0.3) is 0 Å². The van der Waals surface area contributed by atoms with E-state index >= 15 is 0 Å². The average molecular weight is 250 g/mol. The molecule has 0 atom stereocenters. The lowest BCUT2D eigenvalue weighted by Gasteiger charge is -2.35. The zero-order valence-corrected chi connectivity index (χ0v) is 11.3. The Morgan fingerprint density at radius 1 is 1.12 bits per heavy atom. The summed E-state index contributed by atoms with van der Waals surface area (Å²) < 4.78 is 28.2. The molecule has 0 bridgehead atoms. The topological polar surface area (TPSA) is 63.5 Å². The first-order valence-corrected chi connectivity index (χ1v) is 7.11. The molecule has 0 aromatic heterocycles. The molecule has 1 rings (SSSR count). The van der Waals surface area contributed by atoms with Crippen LogP contribution in [0.1, 0.15) is 40.5 Å². The first kappa shape index (κ1) is 13.6. The van der Waals surface area contributed by atoms with E-state index in [-0.39, 0.29) is 0 Å². The van der Waals surface area contributed by atoms with Crippen molar-refractivity contribution in [3.63, 3.8) is 0 Å². The van der Waals surface area contributed by atoms with Gasteiger partial charge in [-0.25, -0.2) is 0 Å². The minimum atomic E-state index is -3.46. The van der Waals surface area contributed by atoms with Crippen molar-refractivity contribution in [3.8, 4) is 0 Å². The van der Waals surface area contributed by atoms with Gasteiger partial charge in [0.1, 0.15) is 0 Å². The highest BCUT2D eigenvalue weighted by Gasteiger charge is 2.54. The first-order valence-electron chi connectivity index (χ1n) is 5.30. The molecule has 1 saturated heterocycles. The molecule has 0 aliphatic carbocycles. The predicted octanol–water partition coefficient (Wildman–Crippen LogP) is 1.46. The minimum absolute atomic E-state index is 0.412. The largest absolute Gasteiger partial charge is 0.266 e. The highest BCUT2D eigenvalue weighted by atomic mass is 32.2. The van der Waals surface area contributed by atoms with Crippen molar-refractivity contribution >= 4 is 10.1 Å². The van der Waals surface area contributed by atoms with Gasteiger partial charge in [0.15, 0.2) is 0 Å². The Bertz CT molecular complexity index is 377. The normalized spacial score (nSPS) is 25.7. The van der Waals surface area contributed by atoms with Gasteiger partial charge in [-0.2, -0.15) is 8.42 Å². The van der Waals surface area contributed by atoms with Gasteiger partial charge >= 0.3 is 0 Å². The van der Waals surface area contributed by atoms with Crippen molar-refractivity contribution in [2.45, 2.75) is 57.7 Å². The summed E-state index contributed by atoms with van der Waals surface area (Å²) in [7, 11) is -3.46. The molecule has 6 heteroatoms. The SMILES string of the molecule is CC1(C)CC(OS(C)(=O)=O)CC(C)(C)[N+]1=O. The molecule has 0 unspecified atom stereocenters. The van der Waals surface area contributed by atoms with Gasteiger partial charge < -0.3 is 0 Å². The molecular weight excluding hydrogens is 230 g/mol. The molecule has 1 fully saturated rings. The zero-order chi connectivity index (χ0) is 12.8. The molecule has 5 nitrogen and oxygen atoms in total. The minimum Gasteiger partial charge on any atom is -0.266 e. The van der Waals surface area contributed by atoms with Gasteiger partial charge in [0.2, 0.25) is 11.1 Å². The standard InChI is InChI=1S/C10H20NO4S/c1-9(2)6-8(15-16(5,13)14)7-10(3,4)11(9)12/h8H,6-7H2,1-5H3/q+1. The van der Waals surface area contributed by atoms with Crippen LogP contribution in [0.5, 0.6) is 0 Å². The van der Waals surface area contributed by atoms with Crippen LogP contribution in [0.15, 0.2) is 0 Å². The number of hydrogen-bond acceptors (Lipinski definition) is 4. The van der Waals surface area contributed by atoms with Crippen LogP contribution >= 0.6 is 0 Å². The molecule has 0 amide bonds. The Morgan fingerprint density at radius 3 is 1.81 bits per heavy atom. The summed E-state index contributed by atoms with van der Waals surface area (Å²) in [5.41, 5.74) is -1.20. The van der Waals surface area contributed by atoms with E-state index < -0.39 is 27.3 Å². The molecule has 1 heterocycles. The molecule has 1 aliphatic rings. The maximum atomic E-state index is 12.0. The fourth-order valence-corrected chi connectivity index (χ4v) is 3.12. The second kappa shape index (κ2) is 3.77. The summed E-state index contributed by atoms with van der Waals surface area (Å²) in [5.74, 6) is 0. The molecule has 0 radical (unpaired) electrons. The number of nitroso groups, excluding NO2 is 1. The fourth-order valence-electron chi connectivity index (χ4n) is 2.49. The van der Waals surface area contributed by atoms with E-state index in [9.17, 15) is 13.3 Å². The molecule has 0 aromatic carbocycles. The Morgan fingerprint density at radius 2 is 1.50 bits per heavy atom. The van der Waals surface area contributed by atoms with Crippen molar-refractivity contribution in [2.75, 3.05) is 6.26 Å². The van der Waals surface area contributed by atoms with Gasteiger partial charge in [0.25, 0.3) is 10.1 Å². The van der Waals surface area contributed by atoms with Crippen molar-refractivity contribution < 1.29 is 17.4 Å². The van der Waals surface area contributed by atoms with Gasteiger partial charge in [0, 0.05) is 50.2 Å². The van der Waals surface area contributed by atoms with Gasteiger partial charge in [-0.3, -0.25) is 4.18 Å². The summed E-state index contributed by atoms with van der Waals surface area (Å²) in [4.78, 5) is 12.0. The molecular formula is C10H20NO4S+. The third-order valence-corrected chi connectivity index (χ3v) is 3.49. The quantitative estimate of drug-likeness (QED) is 0.550. The maximum absolute atomic E-state index is 12.0. The lowest BCUT2D eigenvalue weighted by Crippen LogP contribution is -2.56.